The molecule has 0 aromatic heterocycles. The van der Waals surface area contributed by atoms with Gasteiger partial charge in [0.1, 0.15) is 12.4 Å². The Hall–Kier alpha value is -2.28. The lowest BCUT2D eigenvalue weighted by Gasteiger charge is -2.08. The van der Waals surface area contributed by atoms with E-state index in [-0.39, 0.29) is 0 Å². The number of rotatable bonds is 3. The highest BCUT2D eigenvalue weighted by Crippen LogP contribution is 2.24. The van der Waals surface area contributed by atoms with Crippen LogP contribution in [0, 0.1) is 6.92 Å². The number of hydrogen-bond donors (Lipinski definition) is 0. The largest absolute Gasteiger partial charge is 0.489 e. The third-order valence-electron chi connectivity index (χ3n) is 3.32. The molecule has 0 saturated heterocycles. The fourth-order valence-electron chi connectivity index (χ4n) is 2.25. The molecule has 0 unspecified atom stereocenters. The summed E-state index contributed by atoms with van der Waals surface area (Å²) < 4.78 is 5.84. The molecule has 0 N–H and O–H groups in total. The van der Waals surface area contributed by atoms with E-state index in [4.69, 9.17) is 4.74 Å². The highest BCUT2D eigenvalue weighted by molar-refractivity contribution is 5.86. The maximum absolute atomic E-state index is 5.84. The van der Waals surface area contributed by atoms with Crippen molar-refractivity contribution >= 4 is 10.8 Å². The molecule has 0 radical (unpaired) electrons. The number of ether oxygens (including phenoxy) is 1. The second-order valence-corrected chi connectivity index (χ2v) is 4.73. The van der Waals surface area contributed by atoms with Crippen LogP contribution in [-0.2, 0) is 6.61 Å². The SMILES string of the molecule is Cc1cccc2cc(OCc3ccccc3)ccc12. The average molecular weight is 248 g/mol. The summed E-state index contributed by atoms with van der Waals surface area (Å²) in [7, 11) is 0. The zero-order valence-electron chi connectivity index (χ0n) is 11.0. The molecule has 94 valence electrons. The van der Waals surface area contributed by atoms with E-state index in [9.17, 15) is 0 Å². The molecule has 3 rings (SSSR count). The zero-order chi connectivity index (χ0) is 13.1. The van der Waals surface area contributed by atoms with Crippen molar-refractivity contribution in [2.24, 2.45) is 0 Å². The molecule has 0 bridgehead atoms. The summed E-state index contributed by atoms with van der Waals surface area (Å²) in [6.45, 7) is 2.74. The number of aryl methyl sites for hydroxylation is 1. The summed E-state index contributed by atoms with van der Waals surface area (Å²) in [4.78, 5) is 0. The lowest BCUT2D eigenvalue weighted by Crippen LogP contribution is -1.94. The Labute approximate surface area is 113 Å². The fourth-order valence-corrected chi connectivity index (χ4v) is 2.25. The summed E-state index contributed by atoms with van der Waals surface area (Å²) in [5, 5.41) is 2.51. The number of benzene rings is 3. The lowest BCUT2D eigenvalue weighted by molar-refractivity contribution is 0.306. The molecule has 0 aliphatic carbocycles. The van der Waals surface area contributed by atoms with Crippen LogP contribution in [0.1, 0.15) is 11.1 Å². The molecule has 0 saturated carbocycles. The van der Waals surface area contributed by atoms with Gasteiger partial charge in [0.2, 0.25) is 0 Å². The van der Waals surface area contributed by atoms with Crippen molar-refractivity contribution in [2.75, 3.05) is 0 Å². The summed E-state index contributed by atoms with van der Waals surface area (Å²) >= 11 is 0. The van der Waals surface area contributed by atoms with E-state index in [0.717, 1.165) is 5.75 Å². The smallest absolute Gasteiger partial charge is 0.120 e. The summed E-state index contributed by atoms with van der Waals surface area (Å²) in [6.07, 6.45) is 0. The second kappa shape index (κ2) is 5.15. The van der Waals surface area contributed by atoms with Crippen LogP contribution < -0.4 is 4.74 Å². The highest BCUT2D eigenvalue weighted by Gasteiger charge is 2.00. The van der Waals surface area contributed by atoms with Crippen LogP contribution in [0.4, 0.5) is 0 Å². The van der Waals surface area contributed by atoms with Gasteiger partial charge >= 0.3 is 0 Å². The Morgan fingerprint density at radius 2 is 1.68 bits per heavy atom. The van der Waals surface area contributed by atoms with Gasteiger partial charge in [-0.15, -0.1) is 0 Å². The van der Waals surface area contributed by atoms with E-state index < -0.39 is 0 Å². The molecule has 1 heteroatoms. The van der Waals surface area contributed by atoms with Gasteiger partial charge in [0.15, 0.2) is 0 Å². The molecule has 0 amide bonds. The van der Waals surface area contributed by atoms with Gasteiger partial charge in [-0.2, -0.15) is 0 Å². The number of hydrogen-bond acceptors (Lipinski definition) is 1. The predicted molar refractivity (Wildman–Crippen MR) is 79.5 cm³/mol. The van der Waals surface area contributed by atoms with Crippen LogP contribution >= 0.6 is 0 Å². The minimum atomic E-state index is 0.609. The molecule has 0 spiro atoms. The third-order valence-corrected chi connectivity index (χ3v) is 3.32. The molecular formula is C18H16O. The first kappa shape index (κ1) is 11.8. The fraction of sp³-hybridized carbons (Fsp3) is 0.111. The molecule has 3 aromatic rings. The van der Waals surface area contributed by atoms with Gasteiger partial charge in [-0.25, -0.2) is 0 Å². The second-order valence-electron chi connectivity index (χ2n) is 4.73. The normalized spacial score (nSPS) is 10.6. The van der Waals surface area contributed by atoms with Crippen molar-refractivity contribution in [2.45, 2.75) is 13.5 Å². The van der Waals surface area contributed by atoms with E-state index in [2.05, 4.69) is 49.4 Å². The highest BCUT2D eigenvalue weighted by atomic mass is 16.5. The first-order chi connectivity index (χ1) is 9.33. The maximum atomic E-state index is 5.84. The molecule has 1 nitrogen and oxygen atoms in total. The molecule has 0 aliphatic heterocycles. The molecule has 0 fully saturated rings. The Kier molecular flexibility index (Phi) is 3.20. The lowest BCUT2D eigenvalue weighted by atomic mass is 10.1. The molecule has 0 atom stereocenters. The topological polar surface area (TPSA) is 9.23 Å². The van der Waals surface area contributed by atoms with E-state index in [1.807, 2.05) is 24.3 Å². The first-order valence-corrected chi connectivity index (χ1v) is 6.49. The van der Waals surface area contributed by atoms with E-state index in [0.29, 0.717) is 6.61 Å². The zero-order valence-corrected chi connectivity index (χ0v) is 11.0. The van der Waals surface area contributed by atoms with Gasteiger partial charge < -0.3 is 4.74 Å². The molecule has 3 aromatic carbocycles. The number of fused-ring (bicyclic) bond motifs is 1. The van der Waals surface area contributed by atoms with Crippen LogP contribution in [0.5, 0.6) is 5.75 Å². The quantitative estimate of drug-likeness (QED) is 0.651. The van der Waals surface area contributed by atoms with Crippen molar-refractivity contribution in [3.05, 3.63) is 77.9 Å². The van der Waals surface area contributed by atoms with Gasteiger partial charge in [0.25, 0.3) is 0 Å². The van der Waals surface area contributed by atoms with Gasteiger partial charge in [-0.05, 0) is 41.0 Å². The van der Waals surface area contributed by atoms with Crippen molar-refractivity contribution in [1.82, 2.24) is 0 Å². The Morgan fingerprint density at radius 1 is 0.842 bits per heavy atom. The predicted octanol–water partition coefficient (Wildman–Crippen LogP) is 4.73. The molecule has 0 aliphatic rings. The standard InChI is InChI=1S/C18H16O/c1-14-6-5-9-16-12-17(10-11-18(14)16)19-13-15-7-3-2-4-8-15/h2-12H,13H2,1H3. The van der Waals surface area contributed by atoms with Gasteiger partial charge in [-0.1, -0.05) is 54.6 Å². The van der Waals surface area contributed by atoms with Gasteiger partial charge in [0.05, 0.1) is 0 Å². The Morgan fingerprint density at radius 3 is 2.53 bits per heavy atom. The van der Waals surface area contributed by atoms with Crippen molar-refractivity contribution in [3.8, 4) is 5.75 Å². The molecule has 0 heterocycles. The van der Waals surface area contributed by atoms with Crippen LogP contribution in [0.2, 0.25) is 0 Å². The van der Waals surface area contributed by atoms with Crippen LogP contribution in [0.25, 0.3) is 10.8 Å². The summed E-state index contributed by atoms with van der Waals surface area (Å²) in [5.41, 5.74) is 2.49. The Balaban J connectivity index is 1.82. The van der Waals surface area contributed by atoms with E-state index in [1.54, 1.807) is 0 Å². The van der Waals surface area contributed by atoms with Crippen LogP contribution in [0.3, 0.4) is 0 Å². The molecule has 19 heavy (non-hydrogen) atoms. The van der Waals surface area contributed by atoms with E-state index >= 15 is 0 Å². The van der Waals surface area contributed by atoms with Gasteiger partial charge in [0, 0.05) is 0 Å². The van der Waals surface area contributed by atoms with Crippen molar-refractivity contribution in [3.63, 3.8) is 0 Å². The minimum Gasteiger partial charge on any atom is -0.489 e. The van der Waals surface area contributed by atoms with Crippen LogP contribution in [-0.4, -0.2) is 0 Å². The van der Waals surface area contributed by atoms with E-state index in [1.165, 1.54) is 21.9 Å². The minimum absolute atomic E-state index is 0.609. The molecular weight excluding hydrogens is 232 g/mol. The summed E-state index contributed by atoms with van der Waals surface area (Å²) in [6, 6.07) is 22.8. The van der Waals surface area contributed by atoms with Crippen LogP contribution in [0.15, 0.2) is 66.7 Å². The first-order valence-electron chi connectivity index (χ1n) is 6.49. The van der Waals surface area contributed by atoms with Crippen molar-refractivity contribution < 1.29 is 4.74 Å². The summed E-state index contributed by atoms with van der Waals surface area (Å²) in [5.74, 6) is 0.918. The monoisotopic (exact) mass is 248 g/mol. The third kappa shape index (κ3) is 2.60. The van der Waals surface area contributed by atoms with Crippen molar-refractivity contribution in [1.29, 1.82) is 0 Å². The Bertz CT molecular complexity index is 686. The maximum Gasteiger partial charge on any atom is 0.120 e. The van der Waals surface area contributed by atoms with Gasteiger partial charge in [-0.3, -0.25) is 0 Å². The average Bonchev–Trinajstić information content (AvgIpc) is 2.46.